The fourth-order valence-electron chi connectivity index (χ4n) is 1.36. The second kappa shape index (κ2) is 3.65. The van der Waals surface area contributed by atoms with Crippen molar-refractivity contribution < 1.29 is 14.1 Å². The summed E-state index contributed by atoms with van der Waals surface area (Å²) < 4.78 is 9.55. The zero-order valence-corrected chi connectivity index (χ0v) is 8.30. The van der Waals surface area contributed by atoms with Crippen LogP contribution in [0, 0.1) is 10.1 Å². The summed E-state index contributed by atoms with van der Waals surface area (Å²) in [7, 11) is 1.37. The van der Waals surface area contributed by atoms with Gasteiger partial charge in [-0.15, -0.1) is 0 Å². The molecule has 0 aliphatic carbocycles. The Morgan fingerprint density at radius 2 is 2.12 bits per heavy atom. The predicted molar refractivity (Wildman–Crippen MR) is 55.7 cm³/mol. The molecule has 2 rings (SSSR count). The maximum absolute atomic E-state index is 11.5. The van der Waals surface area contributed by atoms with Gasteiger partial charge in [-0.2, -0.15) is 0 Å². The average molecular weight is 221 g/mol. The third kappa shape index (κ3) is 1.60. The molecule has 6 nitrogen and oxygen atoms in total. The van der Waals surface area contributed by atoms with Crippen LogP contribution in [0.5, 0.6) is 5.95 Å². The largest absolute Gasteiger partial charge is 0.468 e. The van der Waals surface area contributed by atoms with E-state index in [2.05, 4.69) is 0 Å². The fraction of sp³-hybridized carbons (Fsp3) is 0.100. The first-order valence-corrected chi connectivity index (χ1v) is 4.38. The van der Waals surface area contributed by atoms with Gasteiger partial charge in [-0.25, -0.2) is 4.79 Å². The predicted octanol–water partition coefficient (Wildman–Crippen LogP) is 1.71. The van der Waals surface area contributed by atoms with Crippen molar-refractivity contribution in [1.82, 2.24) is 0 Å². The van der Waals surface area contributed by atoms with Crippen LogP contribution in [0.3, 0.4) is 0 Å². The molecule has 0 saturated carbocycles. The number of nitrogens with zero attached hydrogens (tertiary/aromatic N) is 1. The van der Waals surface area contributed by atoms with E-state index in [9.17, 15) is 14.9 Å². The number of nitro groups is 1. The maximum atomic E-state index is 11.5. The van der Waals surface area contributed by atoms with Crippen molar-refractivity contribution in [3.63, 3.8) is 0 Å². The number of hydrogen-bond acceptors (Lipinski definition) is 5. The highest BCUT2D eigenvalue weighted by atomic mass is 16.6. The second-order valence-electron chi connectivity index (χ2n) is 3.09. The molecular weight excluding hydrogens is 214 g/mol. The van der Waals surface area contributed by atoms with Crippen molar-refractivity contribution in [3.05, 3.63) is 44.8 Å². The highest BCUT2D eigenvalue weighted by Crippen LogP contribution is 2.21. The standard InChI is InChI=1S/C10H7NO5/c1-15-9-4-6-2-3-7(11(13)14)5-8(6)10(12)16-9/h2-5H,1H3. The van der Waals surface area contributed by atoms with E-state index in [0.717, 1.165) is 0 Å². The molecule has 0 N–H and O–H groups in total. The van der Waals surface area contributed by atoms with Crippen molar-refractivity contribution in [2.24, 2.45) is 0 Å². The first kappa shape index (κ1) is 10.2. The smallest absolute Gasteiger partial charge is 0.346 e. The number of non-ortho nitro benzene ring substituents is 1. The summed E-state index contributed by atoms with van der Waals surface area (Å²) in [5.74, 6) is 0.0753. The van der Waals surface area contributed by atoms with Gasteiger partial charge < -0.3 is 9.15 Å². The van der Waals surface area contributed by atoms with Gasteiger partial charge >= 0.3 is 5.63 Å². The van der Waals surface area contributed by atoms with Gasteiger partial charge in [0.15, 0.2) is 0 Å². The molecule has 0 atom stereocenters. The summed E-state index contributed by atoms with van der Waals surface area (Å²) in [6.45, 7) is 0. The molecule has 0 bridgehead atoms. The Balaban J connectivity index is 2.75. The minimum absolute atomic E-state index is 0.0753. The SMILES string of the molecule is COc1cc2ccc([N+](=O)[O-])cc2c(=O)o1. The lowest BCUT2D eigenvalue weighted by atomic mass is 10.1. The summed E-state index contributed by atoms with van der Waals surface area (Å²) in [6.07, 6.45) is 0. The topological polar surface area (TPSA) is 82.6 Å². The third-order valence-electron chi connectivity index (χ3n) is 2.14. The van der Waals surface area contributed by atoms with E-state index < -0.39 is 10.5 Å². The molecule has 1 aromatic heterocycles. The van der Waals surface area contributed by atoms with Crippen LogP contribution in [0.15, 0.2) is 33.5 Å². The summed E-state index contributed by atoms with van der Waals surface area (Å²) >= 11 is 0. The molecular formula is C10H7NO5. The van der Waals surface area contributed by atoms with E-state index in [1.807, 2.05) is 0 Å². The first-order chi connectivity index (χ1) is 7.61. The van der Waals surface area contributed by atoms with E-state index in [1.165, 1.54) is 31.4 Å². The van der Waals surface area contributed by atoms with Crippen LogP contribution in [-0.2, 0) is 0 Å². The van der Waals surface area contributed by atoms with E-state index in [-0.39, 0.29) is 17.0 Å². The van der Waals surface area contributed by atoms with Crippen LogP contribution in [0.2, 0.25) is 0 Å². The monoisotopic (exact) mass is 221 g/mol. The number of hydrogen-bond donors (Lipinski definition) is 0. The molecule has 0 radical (unpaired) electrons. The van der Waals surface area contributed by atoms with Crippen LogP contribution >= 0.6 is 0 Å². The Kier molecular flexibility index (Phi) is 2.32. The molecule has 1 heterocycles. The minimum atomic E-state index is -0.655. The van der Waals surface area contributed by atoms with Gasteiger partial charge in [-0.05, 0) is 11.5 Å². The molecule has 0 fully saturated rings. The van der Waals surface area contributed by atoms with E-state index in [4.69, 9.17) is 9.15 Å². The number of fused-ring (bicyclic) bond motifs is 1. The van der Waals surface area contributed by atoms with Crippen molar-refractivity contribution >= 4 is 16.5 Å². The number of rotatable bonds is 2. The Hall–Kier alpha value is -2.37. The summed E-state index contributed by atoms with van der Waals surface area (Å²) in [6, 6.07) is 5.48. The van der Waals surface area contributed by atoms with Crippen LogP contribution in [-0.4, -0.2) is 12.0 Å². The number of benzene rings is 1. The third-order valence-corrected chi connectivity index (χ3v) is 2.14. The van der Waals surface area contributed by atoms with Crippen LogP contribution in [0.25, 0.3) is 10.8 Å². The number of methoxy groups -OCH3 is 1. The highest BCUT2D eigenvalue weighted by Gasteiger charge is 2.10. The van der Waals surface area contributed by atoms with E-state index >= 15 is 0 Å². The quantitative estimate of drug-likeness (QED) is 0.569. The molecule has 0 unspecified atom stereocenters. The zero-order valence-electron chi connectivity index (χ0n) is 8.30. The van der Waals surface area contributed by atoms with Gasteiger partial charge in [0, 0.05) is 18.2 Å². The van der Waals surface area contributed by atoms with Gasteiger partial charge in [0.05, 0.1) is 17.4 Å². The van der Waals surface area contributed by atoms with E-state index in [0.29, 0.717) is 5.39 Å². The summed E-state index contributed by atoms with van der Waals surface area (Å²) in [5.41, 5.74) is -0.803. The lowest BCUT2D eigenvalue weighted by Gasteiger charge is -1.99. The van der Waals surface area contributed by atoms with Gasteiger partial charge in [0.25, 0.3) is 11.6 Å². The van der Waals surface area contributed by atoms with Crippen LogP contribution in [0.1, 0.15) is 0 Å². The van der Waals surface area contributed by atoms with Crippen molar-refractivity contribution in [2.75, 3.05) is 7.11 Å². The van der Waals surface area contributed by atoms with Crippen LogP contribution < -0.4 is 10.4 Å². The molecule has 0 saturated heterocycles. The Morgan fingerprint density at radius 3 is 2.75 bits per heavy atom. The molecule has 0 amide bonds. The second-order valence-corrected chi connectivity index (χ2v) is 3.09. The maximum Gasteiger partial charge on any atom is 0.346 e. The van der Waals surface area contributed by atoms with E-state index in [1.54, 1.807) is 0 Å². The van der Waals surface area contributed by atoms with Crippen molar-refractivity contribution in [1.29, 1.82) is 0 Å². The highest BCUT2D eigenvalue weighted by molar-refractivity contribution is 5.83. The Morgan fingerprint density at radius 1 is 1.38 bits per heavy atom. The van der Waals surface area contributed by atoms with Gasteiger partial charge in [0.2, 0.25) is 0 Å². The molecule has 0 aliphatic heterocycles. The number of nitro benzene ring substituents is 1. The molecule has 6 heteroatoms. The van der Waals surface area contributed by atoms with Crippen LogP contribution in [0.4, 0.5) is 5.69 Å². The Labute approximate surface area is 89.2 Å². The number of ether oxygens (including phenoxy) is 1. The summed E-state index contributed by atoms with van der Waals surface area (Å²) in [4.78, 5) is 21.4. The minimum Gasteiger partial charge on any atom is -0.468 e. The lowest BCUT2D eigenvalue weighted by Crippen LogP contribution is -2.01. The normalized spacial score (nSPS) is 10.3. The summed E-state index contributed by atoms with van der Waals surface area (Å²) in [5, 5.41) is 11.2. The first-order valence-electron chi connectivity index (χ1n) is 4.38. The molecule has 82 valence electrons. The molecule has 0 aliphatic rings. The lowest BCUT2D eigenvalue weighted by molar-refractivity contribution is -0.384. The van der Waals surface area contributed by atoms with Crippen molar-refractivity contribution in [2.45, 2.75) is 0 Å². The van der Waals surface area contributed by atoms with Gasteiger partial charge in [-0.1, -0.05) is 0 Å². The average Bonchev–Trinajstić information content (AvgIpc) is 2.28. The molecule has 0 spiro atoms. The van der Waals surface area contributed by atoms with Gasteiger partial charge in [-0.3, -0.25) is 10.1 Å². The van der Waals surface area contributed by atoms with Crippen molar-refractivity contribution in [3.8, 4) is 5.95 Å². The molecule has 2 aromatic rings. The Bertz CT molecular complexity index is 616. The molecule has 1 aromatic carbocycles. The molecule has 16 heavy (non-hydrogen) atoms. The fourth-order valence-corrected chi connectivity index (χ4v) is 1.36. The zero-order chi connectivity index (χ0) is 11.7. The van der Waals surface area contributed by atoms with Gasteiger partial charge in [0.1, 0.15) is 0 Å².